The number of rotatable bonds is 7. The molecule has 0 bridgehead atoms. The zero-order chi connectivity index (χ0) is 18.2. The van der Waals surface area contributed by atoms with E-state index in [9.17, 15) is 4.79 Å². The molecule has 0 aliphatic rings. The fourth-order valence-corrected chi connectivity index (χ4v) is 2.49. The normalized spacial score (nSPS) is 11.4. The van der Waals surface area contributed by atoms with Crippen molar-refractivity contribution in [3.05, 3.63) is 90.5 Å². The summed E-state index contributed by atoms with van der Waals surface area (Å²) in [6.45, 7) is 1.92. The van der Waals surface area contributed by atoms with Crippen molar-refractivity contribution in [2.75, 3.05) is 6.61 Å². The minimum atomic E-state index is -0.161. The predicted octanol–water partition coefficient (Wildman–Crippen LogP) is 4.74. The second-order valence-electron chi connectivity index (χ2n) is 5.88. The molecule has 0 unspecified atom stereocenters. The molecule has 3 rings (SSSR count). The Morgan fingerprint density at radius 3 is 2.00 bits per heavy atom. The highest BCUT2D eigenvalue weighted by Gasteiger charge is 2.09. The molecule has 0 aliphatic heterocycles. The van der Waals surface area contributed by atoms with E-state index in [0.29, 0.717) is 11.5 Å². The lowest BCUT2D eigenvalue weighted by Crippen LogP contribution is -2.31. The first kappa shape index (κ1) is 17.5. The number of amides is 1. The maximum absolute atomic E-state index is 12.0. The molecule has 4 heteroatoms. The quantitative estimate of drug-likeness (QED) is 0.672. The minimum Gasteiger partial charge on any atom is -0.484 e. The summed E-state index contributed by atoms with van der Waals surface area (Å²) < 4.78 is 11.3. The molecule has 0 aliphatic carbocycles. The molecule has 0 spiro atoms. The van der Waals surface area contributed by atoms with E-state index in [1.807, 2.05) is 79.7 Å². The molecular formula is C22H21NO3. The van der Waals surface area contributed by atoms with Gasteiger partial charge in [0.05, 0.1) is 6.04 Å². The SMILES string of the molecule is C[C@@H](NC(=O)COc1ccc(Oc2ccccc2)cc1)c1ccccc1. The van der Waals surface area contributed by atoms with Gasteiger partial charge < -0.3 is 14.8 Å². The van der Waals surface area contributed by atoms with E-state index >= 15 is 0 Å². The third-order valence-electron chi connectivity index (χ3n) is 3.85. The molecule has 0 fully saturated rings. The van der Waals surface area contributed by atoms with Gasteiger partial charge in [-0.3, -0.25) is 4.79 Å². The molecule has 0 saturated carbocycles. The van der Waals surface area contributed by atoms with Crippen LogP contribution in [0.2, 0.25) is 0 Å². The van der Waals surface area contributed by atoms with E-state index < -0.39 is 0 Å². The summed E-state index contributed by atoms with van der Waals surface area (Å²) in [5, 5.41) is 2.92. The van der Waals surface area contributed by atoms with E-state index in [1.165, 1.54) is 0 Å². The molecule has 0 heterocycles. The number of nitrogens with one attached hydrogen (secondary N) is 1. The van der Waals surface area contributed by atoms with Gasteiger partial charge in [-0.15, -0.1) is 0 Å². The maximum Gasteiger partial charge on any atom is 0.258 e. The van der Waals surface area contributed by atoms with E-state index in [2.05, 4.69) is 5.32 Å². The number of carbonyl (C=O) groups excluding carboxylic acids is 1. The number of ether oxygens (including phenoxy) is 2. The standard InChI is InChI=1S/C22H21NO3/c1-17(18-8-4-2-5-9-18)23-22(24)16-25-19-12-14-21(15-13-19)26-20-10-6-3-7-11-20/h2-15,17H,16H2,1H3,(H,23,24)/t17-/m1/s1. The van der Waals surface area contributed by atoms with Crippen molar-refractivity contribution in [2.24, 2.45) is 0 Å². The monoisotopic (exact) mass is 347 g/mol. The molecule has 4 nitrogen and oxygen atoms in total. The fraction of sp³-hybridized carbons (Fsp3) is 0.136. The van der Waals surface area contributed by atoms with Gasteiger partial charge in [0, 0.05) is 0 Å². The maximum atomic E-state index is 12.0. The summed E-state index contributed by atoms with van der Waals surface area (Å²) >= 11 is 0. The van der Waals surface area contributed by atoms with Crippen LogP contribution in [0.3, 0.4) is 0 Å². The summed E-state index contributed by atoms with van der Waals surface area (Å²) in [5.41, 5.74) is 1.06. The smallest absolute Gasteiger partial charge is 0.258 e. The van der Waals surface area contributed by atoms with Crippen LogP contribution < -0.4 is 14.8 Å². The Labute approximate surface area is 153 Å². The Hall–Kier alpha value is -3.27. The fourth-order valence-electron chi connectivity index (χ4n) is 2.49. The average molecular weight is 347 g/mol. The summed E-state index contributed by atoms with van der Waals surface area (Å²) in [5.74, 6) is 1.94. The number of benzene rings is 3. The second kappa shape index (κ2) is 8.72. The summed E-state index contributed by atoms with van der Waals surface area (Å²) in [6, 6.07) is 26.5. The molecule has 1 N–H and O–H groups in total. The Morgan fingerprint density at radius 1 is 0.808 bits per heavy atom. The zero-order valence-corrected chi connectivity index (χ0v) is 14.6. The van der Waals surface area contributed by atoms with Crippen LogP contribution in [0.4, 0.5) is 0 Å². The Balaban J connectivity index is 1.48. The van der Waals surface area contributed by atoms with Crippen molar-refractivity contribution >= 4 is 5.91 Å². The van der Waals surface area contributed by atoms with E-state index in [-0.39, 0.29) is 18.6 Å². The van der Waals surface area contributed by atoms with E-state index in [0.717, 1.165) is 11.3 Å². The van der Waals surface area contributed by atoms with E-state index in [1.54, 1.807) is 12.1 Å². The molecule has 0 aromatic heterocycles. The second-order valence-corrected chi connectivity index (χ2v) is 5.88. The van der Waals surface area contributed by atoms with Crippen molar-refractivity contribution in [3.8, 4) is 17.2 Å². The van der Waals surface area contributed by atoms with Gasteiger partial charge in [0.25, 0.3) is 5.91 Å². The highest BCUT2D eigenvalue weighted by atomic mass is 16.5. The van der Waals surface area contributed by atoms with Crippen LogP contribution in [-0.4, -0.2) is 12.5 Å². The lowest BCUT2D eigenvalue weighted by Gasteiger charge is -2.14. The molecular weight excluding hydrogens is 326 g/mol. The van der Waals surface area contributed by atoms with Crippen molar-refractivity contribution in [1.29, 1.82) is 0 Å². The first-order valence-electron chi connectivity index (χ1n) is 8.51. The number of carbonyl (C=O) groups is 1. The van der Waals surface area contributed by atoms with Crippen LogP contribution in [0.1, 0.15) is 18.5 Å². The number of hydrogen-bond acceptors (Lipinski definition) is 3. The largest absolute Gasteiger partial charge is 0.484 e. The van der Waals surface area contributed by atoms with Gasteiger partial charge in [-0.1, -0.05) is 48.5 Å². The Morgan fingerprint density at radius 2 is 1.35 bits per heavy atom. The van der Waals surface area contributed by atoms with Crippen LogP contribution >= 0.6 is 0 Å². The average Bonchev–Trinajstić information content (AvgIpc) is 2.69. The van der Waals surface area contributed by atoms with Crippen LogP contribution in [0.25, 0.3) is 0 Å². The Kier molecular flexibility index (Phi) is 5.88. The molecule has 26 heavy (non-hydrogen) atoms. The third-order valence-corrected chi connectivity index (χ3v) is 3.85. The molecule has 3 aromatic rings. The predicted molar refractivity (Wildman–Crippen MR) is 101 cm³/mol. The molecule has 132 valence electrons. The van der Waals surface area contributed by atoms with Crippen LogP contribution in [-0.2, 0) is 4.79 Å². The molecule has 1 amide bonds. The van der Waals surface area contributed by atoms with Gasteiger partial charge in [-0.05, 0) is 48.9 Å². The van der Waals surface area contributed by atoms with Crippen LogP contribution in [0, 0.1) is 0 Å². The first-order chi connectivity index (χ1) is 12.7. The summed E-state index contributed by atoms with van der Waals surface area (Å²) in [7, 11) is 0. The van der Waals surface area contributed by atoms with Gasteiger partial charge in [0.2, 0.25) is 0 Å². The highest BCUT2D eigenvalue weighted by Crippen LogP contribution is 2.23. The van der Waals surface area contributed by atoms with Gasteiger partial charge in [0.15, 0.2) is 6.61 Å². The molecule has 0 radical (unpaired) electrons. The van der Waals surface area contributed by atoms with Crippen molar-refractivity contribution in [2.45, 2.75) is 13.0 Å². The summed E-state index contributed by atoms with van der Waals surface area (Å²) in [6.07, 6.45) is 0. The van der Waals surface area contributed by atoms with Crippen molar-refractivity contribution in [3.63, 3.8) is 0 Å². The van der Waals surface area contributed by atoms with Gasteiger partial charge in [-0.25, -0.2) is 0 Å². The zero-order valence-electron chi connectivity index (χ0n) is 14.6. The minimum absolute atomic E-state index is 0.0317. The molecule has 3 aromatic carbocycles. The lowest BCUT2D eigenvalue weighted by atomic mass is 10.1. The van der Waals surface area contributed by atoms with Crippen molar-refractivity contribution in [1.82, 2.24) is 5.32 Å². The topological polar surface area (TPSA) is 47.6 Å². The third kappa shape index (κ3) is 5.11. The highest BCUT2D eigenvalue weighted by molar-refractivity contribution is 5.78. The molecule has 1 atom stereocenters. The van der Waals surface area contributed by atoms with Crippen LogP contribution in [0.5, 0.6) is 17.2 Å². The van der Waals surface area contributed by atoms with Gasteiger partial charge in [-0.2, -0.15) is 0 Å². The summed E-state index contributed by atoms with van der Waals surface area (Å²) in [4.78, 5) is 12.0. The lowest BCUT2D eigenvalue weighted by molar-refractivity contribution is -0.123. The van der Waals surface area contributed by atoms with Crippen molar-refractivity contribution < 1.29 is 14.3 Å². The van der Waals surface area contributed by atoms with Gasteiger partial charge in [0.1, 0.15) is 17.2 Å². The van der Waals surface area contributed by atoms with E-state index in [4.69, 9.17) is 9.47 Å². The number of hydrogen-bond donors (Lipinski definition) is 1. The van der Waals surface area contributed by atoms with Gasteiger partial charge >= 0.3 is 0 Å². The Bertz CT molecular complexity index is 817. The first-order valence-corrected chi connectivity index (χ1v) is 8.51. The molecule has 0 saturated heterocycles. The van der Waals surface area contributed by atoms with Crippen LogP contribution in [0.15, 0.2) is 84.9 Å². The number of para-hydroxylation sites is 1.